The van der Waals surface area contributed by atoms with Crippen molar-refractivity contribution < 1.29 is 0 Å². The van der Waals surface area contributed by atoms with Crippen LogP contribution in [0.2, 0.25) is 0 Å². The van der Waals surface area contributed by atoms with E-state index in [-0.39, 0.29) is 0 Å². The first-order chi connectivity index (χ1) is 7.86. The summed E-state index contributed by atoms with van der Waals surface area (Å²) in [5.74, 6) is 0. The predicted molar refractivity (Wildman–Crippen MR) is 64.8 cm³/mol. The smallest absolute Gasteiger partial charge is 0.142 e. The Morgan fingerprint density at radius 2 is 1.94 bits per heavy atom. The van der Waals surface area contributed by atoms with Crippen LogP contribution in [-0.2, 0) is 0 Å². The van der Waals surface area contributed by atoms with Gasteiger partial charge in [0.25, 0.3) is 0 Å². The van der Waals surface area contributed by atoms with Gasteiger partial charge < -0.3 is 4.98 Å². The van der Waals surface area contributed by atoms with Crippen molar-refractivity contribution >= 4 is 27.0 Å². The lowest BCUT2D eigenvalue weighted by atomic mass is 10.1. The van der Waals surface area contributed by atoms with Crippen LogP contribution in [0.15, 0.2) is 41.5 Å². The Bertz CT molecular complexity index is 633. The molecule has 0 radical (unpaired) electrons. The van der Waals surface area contributed by atoms with Crippen LogP contribution in [0.3, 0.4) is 0 Å². The second-order valence-corrected chi connectivity index (χ2v) is 4.17. The molecule has 0 aromatic carbocycles. The van der Waals surface area contributed by atoms with Crippen molar-refractivity contribution in [1.29, 1.82) is 0 Å². The number of aromatic nitrogens is 4. The van der Waals surface area contributed by atoms with E-state index >= 15 is 0 Å². The van der Waals surface area contributed by atoms with Gasteiger partial charge in [0, 0.05) is 28.6 Å². The van der Waals surface area contributed by atoms with Crippen LogP contribution in [0.25, 0.3) is 22.3 Å². The molecule has 16 heavy (non-hydrogen) atoms. The van der Waals surface area contributed by atoms with Crippen molar-refractivity contribution in [1.82, 2.24) is 19.9 Å². The fraction of sp³-hybridized carbons (Fsp3) is 0. The Labute approximate surface area is 99.9 Å². The van der Waals surface area contributed by atoms with Crippen LogP contribution < -0.4 is 0 Å². The summed E-state index contributed by atoms with van der Waals surface area (Å²) >= 11 is 3.49. The molecule has 0 atom stereocenters. The van der Waals surface area contributed by atoms with Gasteiger partial charge in [-0.2, -0.15) is 0 Å². The zero-order chi connectivity index (χ0) is 11.0. The second kappa shape index (κ2) is 3.68. The van der Waals surface area contributed by atoms with Crippen molar-refractivity contribution in [2.24, 2.45) is 0 Å². The quantitative estimate of drug-likeness (QED) is 0.743. The third-order valence-electron chi connectivity index (χ3n) is 2.38. The number of fused-ring (bicyclic) bond motifs is 1. The van der Waals surface area contributed by atoms with Gasteiger partial charge >= 0.3 is 0 Å². The summed E-state index contributed by atoms with van der Waals surface area (Å²) in [4.78, 5) is 15.6. The highest BCUT2D eigenvalue weighted by molar-refractivity contribution is 9.10. The molecule has 0 fully saturated rings. The monoisotopic (exact) mass is 274 g/mol. The first-order valence-corrected chi connectivity index (χ1v) is 5.53. The maximum absolute atomic E-state index is 4.32. The Hall–Kier alpha value is -1.75. The molecule has 3 rings (SSSR count). The van der Waals surface area contributed by atoms with Gasteiger partial charge in [0.2, 0.25) is 0 Å². The molecule has 3 heterocycles. The Morgan fingerprint density at radius 3 is 2.75 bits per heavy atom. The molecule has 3 aromatic rings. The number of hydrogen-bond acceptors (Lipinski definition) is 3. The molecule has 0 aliphatic carbocycles. The summed E-state index contributed by atoms with van der Waals surface area (Å²) in [5.41, 5.74) is 2.76. The molecule has 0 saturated carbocycles. The zero-order valence-corrected chi connectivity index (χ0v) is 9.77. The minimum absolute atomic E-state index is 0.827. The van der Waals surface area contributed by atoms with E-state index in [1.165, 1.54) is 0 Å². The Morgan fingerprint density at radius 1 is 1.12 bits per heavy atom. The third kappa shape index (κ3) is 1.40. The molecular weight excluding hydrogens is 268 g/mol. The summed E-state index contributed by atoms with van der Waals surface area (Å²) in [5, 5.41) is 0.994. The highest BCUT2D eigenvalue weighted by Gasteiger charge is 2.10. The van der Waals surface area contributed by atoms with Gasteiger partial charge in [-0.15, -0.1) is 0 Å². The maximum Gasteiger partial charge on any atom is 0.142 e. The highest BCUT2D eigenvalue weighted by Crippen LogP contribution is 2.30. The van der Waals surface area contributed by atoms with E-state index in [9.17, 15) is 0 Å². The first kappa shape index (κ1) is 9.47. The third-order valence-corrected chi connectivity index (χ3v) is 3.00. The van der Waals surface area contributed by atoms with Crippen molar-refractivity contribution in [2.75, 3.05) is 0 Å². The van der Waals surface area contributed by atoms with Gasteiger partial charge in [-0.3, -0.25) is 4.98 Å². The molecule has 0 aliphatic heterocycles. The number of H-pyrrole nitrogens is 1. The normalized spacial score (nSPS) is 10.8. The predicted octanol–water partition coefficient (Wildman–Crippen LogP) is 2.78. The van der Waals surface area contributed by atoms with Gasteiger partial charge in [0.1, 0.15) is 12.0 Å². The molecule has 0 unspecified atom stereocenters. The number of rotatable bonds is 1. The van der Waals surface area contributed by atoms with Gasteiger partial charge in [0.05, 0.1) is 11.1 Å². The second-order valence-electron chi connectivity index (χ2n) is 3.32. The van der Waals surface area contributed by atoms with Crippen LogP contribution in [0.4, 0.5) is 0 Å². The van der Waals surface area contributed by atoms with Crippen LogP contribution in [0, 0.1) is 0 Å². The van der Waals surface area contributed by atoms with Crippen molar-refractivity contribution in [3.05, 3.63) is 41.5 Å². The van der Waals surface area contributed by atoms with Gasteiger partial charge in [-0.1, -0.05) is 0 Å². The van der Waals surface area contributed by atoms with Crippen LogP contribution >= 0.6 is 15.9 Å². The van der Waals surface area contributed by atoms with Crippen molar-refractivity contribution in [2.45, 2.75) is 0 Å². The number of pyridine rings is 1. The molecule has 0 spiro atoms. The van der Waals surface area contributed by atoms with E-state index in [2.05, 4.69) is 35.9 Å². The molecule has 3 aromatic heterocycles. The lowest BCUT2D eigenvalue weighted by Gasteiger charge is -2.01. The van der Waals surface area contributed by atoms with E-state index in [0.29, 0.717) is 0 Å². The lowest BCUT2D eigenvalue weighted by molar-refractivity contribution is 1.20. The molecule has 4 nitrogen and oxygen atoms in total. The van der Waals surface area contributed by atoms with Gasteiger partial charge in [-0.05, 0) is 28.1 Å². The largest absolute Gasteiger partial charge is 0.345 e. The molecule has 1 N–H and O–H groups in total. The molecule has 0 aliphatic rings. The van der Waals surface area contributed by atoms with Crippen molar-refractivity contribution in [3.63, 3.8) is 0 Å². The highest BCUT2D eigenvalue weighted by atomic mass is 79.9. The van der Waals surface area contributed by atoms with Crippen molar-refractivity contribution in [3.8, 4) is 11.3 Å². The van der Waals surface area contributed by atoms with Crippen LogP contribution in [0.1, 0.15) is 0 Å². The molecule has 0 saturated heterocycles. The van der Waals surface area contributed by atoms with Gasteiger partial charge in [0.15, 0.2) is 0 Å². The molecule has 0 amide bonds. The Balaban J connectivity index is 2.36. The summed E-state index contributed by atoms with van der Waals surface area (Å²) in [7, 11) is 0. The van der Waals surface area contributed by atoms with E-state index in [1.54, 1.807) is 18.7 Å². The summed E-state index contributed by atoms with van der Waals surface area (Å²) < 4.78 is 0.968. The van der Waals surface area contributed by atoms with Gasteiger partial charge in [-0.25, -0.2) is 9.97 Å². The van der Waals surface area contributed by atoms with E-state index in [4.69, 9.17) is 0 Å². The van der Waals surface area contributed by atoms with Crippen LogP contribution in [0.5, 0.6) is 0 Å². The average Bonchev–Trinajstić information content (AvgIpc) is 2.73. The molecule has 78 valence electrons. The first-order valence-electron chi connectivity index (χ1n) is 4.74. The summed E-state index contributed by atoms with van der Waals surface area (Å²) in [6, 6.07) is 3.86. The minimum atomic E-state index is 0.827. The average molecular weight is 275 g/mol. The lowest BCUT2D eigenvalue weighted by Crippen LogP contribution is -1.87. The maximum atomic E-state index is 4.32. The number of halogens is 1. The minimum Gasteiger partial charge on any atom is -0.345 e. The SMILES string of the molecule is Brc1c[nH]c2ncnc(-c3ccncc3)c12. The number of nitrogens with one attached hydrogen (secondary N) is 1. The zero-order valence-electron chi connectivity index (χ0n) is 8.18. The standard InChI is InChI=1S/C11H7BrN4/c12-8-5-14-11-9(8)10(15-6-16-11)7-1-3-13-4-2-7/h1-6H,(H,14,15,16). The molecule has 5 heteroatoms. The molecule has 0 bridgehead atoms. The number of hydrogen-bond donors (Lipinski definition) is 1. The van der Waals surface area contributed by atoms with E-state index < -0.39 is 0 Å². The van der Waals surface area contributed by atoms with Crippen LogP contribution in [-0.4, -0.2) is 19.9 Å². The summed E-state index contributed by atoms with van der Waals surface area (Å²) in [6.45, 7) is 0. The van der Waals surface area contributed by atoms with E-state index in [1.807, 2.05) is 18.3 Å². The topological polar surface area (TPSA) is 54.5 Å². The fourth-order valence-electron chi connectivity index (χ4n) is 1.65. The number of aromatic amines is 1. The molecular formula is C11H7BrN4. The van der Waals surface area contributed by atoms with E-state index in [0.717, 1.165) is 26.8 Å². The number of nitrogens with zero attached hydrogens (tertiary/aromatic N) is 3. The Kier molecular flexibility index (Phi) is 2.18. The fourth-order valence-corrected chi connectivity index (χ4v) is 2.14. The summed E-state index contributed by atoms with van der Waals surface area (Å²) in [6.07, 6.45) is 6.93.